The lowest BCUT2D eigenvalue weighted by molar-refractivity contribution is 0.0590. The van der Waals surface area contributed by atoms with E-state index in [1.807, 2.05) is 30.3 Å². The second kappa shape index (κ2) is 5.31. The number of hydrogen-bond acceptors (Lipinski definition) is 5. The fraction of sp³-hybridized carbons (Fsp3) is 0.0714. The number of carbonyl (C=O) groups is 1. The average Bonchev–Trinajstić information content (AvgIpc) is 2.90. The number of esters is 1. The summed E-state index contributed by atoms with van der Waals surface area (Å²) in [6, 6.07) is 10.7. The van der Waals surface area contributed by atoms with Crippen molar-refractivity contribution in [2.75, 3.05) is 7.11 Å². The Morgan fingerprint density at radius 2 is 2.05 bits per heavy atom. The highest BCUT2D eigenvalue weighted by molar-refractivity contribution is 7.22. The molecule has 0 unspecified atom stereocenters. The van der Waals surface area contributed by atoms with Gasteiger partial charge in [-0.25, -0.2) is 9.48 Å². The molecule has 0 aliphatic rings. The van der Waals surface area contributed by atoms with Gasteiger partial charge in [-0.3, -0.25) is 4.79 Å². The molecule has 2 heterocycles. The van der Waals surface area contributed by atoms with Crippen LogP contribution in [0.2, 0.25) is 4.34 Å². The number of fused-ring (bicyclic) bond motifs is 1. The first-order chi connectivity index (χ1) is 10.1. The van der Waals surface area contributed by atoms with E-state index in [0.29, 0.717) is 14.6 Å². The van der Waals surface area contributed by atoms with Gasteiger partial charge in [-0.2, -0.15) is 5.10 Å². The summed E-state index contributed by atoms with van der Waals surface area (Å²) in [5.74, 6) is -0.770. The van der Waals surface area contributed by atoms with Gasteiger partial charge in [-0.05, 0) is 18.2 Å². The highest BCUT2D eigenvalue weighted by Gasteiger charge is 2.20. The van der Waals surface area contributed by atoms with E-state index in [9.17, 15) is 9.59 Å². The molecule has 0 fully saturated rings. The molecule has 3 rings (SSSR count). The summed E-state index contributed by atoms with van der Waals surface area (Å²) < 4.78 is 6.60. The number of para-hydroxylation sites is 1. The summed E-state index contributed by atoms with van der Waals surface area (Å²) in [4.78, 5) is 24.6. The van der Waals surface area contributed by atoms with Crippen LogP contribution in [-0.4, -0.2) is 22.9 Å². The fourth-order valence-corrected chi connectivity index (χ4v) is 3.15. The molecule has 0 bridgehead atoms. The zero-order valence-electron chi connectivity index (χ0n) is 10.9. The van der Waals surface area contributed by atoms with Crippen LogP contribution < -0.4 is 5.43 Å². The Morgan fingerprint density at radius 3 is 2.71 bits per heavy atom. The van der Waals surface area contributed by atoms with Crippen LogP contribution in [0.5, 0.6) is 0 Å². The van der Waals surface area contributed by atoms with Crippen molar-refractivity contribution in [1.29, 1.82) is 0 Å². The zero-order chi connectivity index (χ0) is 15.0. The fourth-order valence-electron chi connectivity index (χ4n) is 1.96. The number of carbonyl (C=O) groups excluding carboxylic acids is 1. The third kappa shape index (κ3) is 2.32. The van der Waals surface area contributed by atoms with Crippen LogP contribution in [0.3, 0.4) is 0 Å². The highest BCUT2D eigenvalue weighted by atomic mass is 35.5. The maximum Gasteiger partial charge on any atom is 0.362 e. The van der Waals surface area contributed by atoms with Crippen molar-refractivity contribution < 1.29 is 9.53 Å². The molecule has 7 heteroatoms. The molecular weight excluding hydrogens is 312 g/mol. The lowest BCUT2D eigenvalue weighted by atomic mass is 10.2. The van der Waals surface area contributed by atoms with Gasteiger partial charge in [0.2, 0.25) is 11.1 Å². The SMILES string of the molecule is COC(=O)c1nn(-c2ccccc2)c2sc(Cl)cc2c1=O. The van der Waals surface area contributed by atoms with Gasteiger partial charge in [-0.15, -0.1) is 11.3 Å². The molecule has 2 aromatic heterocycles. The first-order valence-corrected chi connectivity index (χ1v) is 7.17. The second-order valence-corrected chi connectivity index (χ2v) is 5.85. The number of benzene rings is 1. The van der Waals surface area contributed by atoms with Gasteiger partial charge in [0.1, 0.15) is 4.83 Å². The van der Waals surface area contributed by atoms with Crippen molar-refractivity contribution in [1.82, 2.24) is 9.78 Å². The normalized spacial score (nSPS) is 10.8. The molecule has 0 radical (unpaired) electrons. The van der Waals surface area contributed by atoms with Crippen LogP contribution in [0.25, 0.3) is 15.9 Å². The molecule has 5 nitrogen and oxygen atoms in total. The van der Waals surface area contributed by atoms with Gasteiger partial charge >= 0.3 is 5.97 Å². The summed E-state index contributed by atoms with van der Waals surface area (Å²) in [5.41, 5.74) is -0.0123. The van der Waals surface area contributed by atoms with E-state index in [1.54, 1.807) is 0 Å². The molecule has 21 heavy (non-hydrogen) atoms. The number of halogens is 1. The zero-order valence-corrected chi connectivity index (χ0v) is 12.4. The van der Waals surface area contributed by atoms with Gasteiger partial charge in [0.05, 0.1) is 22.5 Å². The van der Waals surface area contributed by atoms with E-state index in [4.69, 9.17) is 11.6 Å². The van der Waals surface area contributed by atoms with E-state index in [1.165, 1.54) is 29.2 Å². The topological polar surface area (TPSA) is 61.2 Å². The number of methoxy groups -OCH3 is 1. The van der Waals surface area contributed by atoms with Gasteiger partial charge in [-0.1, -0.05) is 29.8 Å². The molecule has 0 N–H and O–H groups in total. The van der Waals surface area contributed by atoms with Crippen LogP contribution in [0.15, 0.2) is 41.2 Å². The monoisotopic (exact) mass is 320 g/mol. The molecular formula is C14H9ClN2O3S. The van der Waals surface area contributed by atoms with Gasteiger partial charge in [0.25, 0.3) is 0 Å². The first-order valence-electron chi connectivity index (χ1n) is 5.98. The highest BCUT2D eigenvalue weighted by Crippen LogP contribution is 2.28. The molecule has 0 spiro atoms. The van der Waals surface area contributed by atoms with Crippen molar-refractivity contribution in [3.63, 3.8) is 0 Å². The molecule has 3 aromatic rings. The van der Waals surface area contributed by atoms with Gasteiger partial charge < -0.3 is 4.74 Å². The van der Waals surface area contributed by atoms with Gasteiger partial charge in [0, 0.05) is 0 Å². The summed E-state index contributed by atoms with van der Waals surface area (Å²) in [7, 11) is 1.21. The Balaban J connectivity index is 2.40. The van der Waals surface area contributed by atoms with Crippen molar-refractivity contribution in [2.45, 2.75) is 0 Å². The van der Waals surface area contributed by atoms with E-state index >= 15 is 0 Å². The number of hydrogen-bond donors (Lipinski definition) is 0. The van der Waals surface area contributed by atoms with E-state index in [-0.39, 0.29) is 5.69 Å². The number of aromatic nitrogens is 2. The molecule has 0 saturated heterocycles. The van der Waals surface area contributed by atoms with Crippen molar-refractivity contribution in [2.24, 2.45) is 0 Å². The summed E-state index contributed by atoms with van der Waals surface area (Å²) in [6.45, 7) is 0. The Morgan fingerprint density at radius 1 is 1.33 bits per heavy atom. The molecule has 0 aliphatic carbocycles. The van der Waals surface area contributed by atoms with E-state index in [0.717, 1.165) is 5.69 Å². The summed E-state index contributed by atoms with van der Waals surface area (Å²) >= 11 is 7.23. The number of nitrogens with zero attached hydrogens (tertiary/aromatic N) is 2. The average molecular weight is 321 g/mol. The molecule has 0 saturated carbocycles. The van der Waals surface area contributed by atoms with Crippen LogP contribution in [0, 0.1) is 0 Å². The largest absolute Gasteiger partial charge is 0.464 e. The quantitative estimate of drug-likeness (QED) is 0.681. The smallest absolute Gasteiger partial charge is 0.362 e. The number of ether oxygens (including phenoxy) is 1. The predicted molar refractivity (Wildman–Crippen MR) is 81.6 cm³/mol. The lowest BCUT2D eigenvalue weighted by Gasteiger charge is -2.08. The van der Waals surface area contributed by atoms with Crippen LogP contribution in [-0.2, 0) is 4.74 Å². The maximum absolute atomic E-state index is 12.3. The Kier molecular flexibility index (Phi) is 3.48. The van der Waals surface area contributed by atoms with E-state index in [2.05, 4.69) is 9.84 Å². The summed E-state index contributed by atoms with van der Waals surface area (Å²) in [6.07, 6.45) is 0. The van der Waals surface area contributed by atoms with Crippen molar-refractivity contribution in [3.05, 3.63) is 56.7 Å². The van der Waals surface area contributed by atoms with Crippen LogP contribution in [0.1, 0.15) is 10.5 Å². The standard InChI is InChI=1S/C14H9ClN2O3S/c1-20-14(19)11-12(18)9-7-10(15)21-13(9)17(16-11)8-5-3-2-4-6-8/h2-7H,1H3. The van der Waals surface area contributed by atoms with Crippen molar-refractivity contribution >= 4 is 39.1 Å². The molecule has 106 valence electrons. The van der Waals surface area contributed by atoms with Crippen LogP contribution >= 0.6 is 22.9 Å². The minimum absolute atomic E-state index is 0.261. The van der Waals surface area contributed by atoms with Crippen molar-refractivity contribution in [3.8, 4) is 5.69 Å². The summed E-state index contributed by atoms with van der Waals surface area (Å²) in [5, 5.41) is 4.49. The minimum Gasteiger partial charge on any atom is -0.464 e. The van der Waals surface area contributed by atoms with Crippen LogP contribution in [0.4, 0.5) is 0 Å². The lowest BCUT2D eigenvalue weighted by Crippen LogP contribution is -2.22. The molecule has 0 amide bonds. The Hall–Kier alpha value is -2.18. The van der Waals surface area contributed by atoms with Gasteiger partial charge in [0.15, 0.2) is 0 Å². The molecule has 1 aromatic carbocycles. The predicted octanol–water partition coefficient (Wildman–Crippen LogP) is 2.89. The third-order valence-corrected chi connectivity index (χ3v) is 4.15. The first kappa shape index (κ1) is 13.8. The second-order valence-electron chi connectivity index (χ2n) is 4.19. The van der Waals surface area contributed by atoms with E-state index < -0.39 is 11.4 Å². The molecule has 0 aliphatic heterocycles. The third-order valence-electron chi connectivity index (χ3n) is 2.91. The maximum atomic E-state index is 12.3. The molecule has 0 atom stereocenters. The number of rotatable bonds is 2. The Bertz CT molecular complexity index is 886. The minimum atomic E-state index is -0.770. The Labute approximate surface area is 128 Å². The number of thiophene rings is 1.